The van der Waals surface area contributed by atoms with Crippen molar-refractivity contribution in [2.75, 3.05) is 4.90 Å². The van der Waals surface area contributed by atoms with Crippen molar-refractivity contribution in [3.05, 3.63) is 118 Å². The zero-order valence-electron chi connectivity index (χ0n) is 21.7. The Balaban J connectivity index is 1.41. The molecular formula is C31H26ClN3O3S. The molecule has 39 heavy (non-hydrogen) atoms. The van der Waals surface area contributed by atoms with Gasteiger partial charge in [0.25, 0.3) is 11.8 Å². The fourth-order valence-corrected chi connectivity index (χ4v) is 5.11. The molecule has 2 amide bonds. The summed E-state index contributed by atoms with van der Waals surface area (Å²) in [5.74, 6) is -0.247. The van der Waals surface area contributed by atoms with Crippen LogP contribution in [-0.4, -0.2) is 21.5 Å². The van der Waals surface area contributed by atoms with E-state index in [1.54, 1.807) is 6.08 Å². The third-order valence-electron chi connectivity index (χ3n) is 6.68. The van der Waals surface area contributed by atoms with E-state index in [1.165, 1.54) is 4.90 Å². The van der Waals surface area contributed by atoms with E-state index in [1.807, 2.05) is 99.6 Å². The van der Waals surface area contributed by atoms with Gasteiger partial charge in [0.15, 0.2) is 5.11 Å². The van der Waals surface area contributed by atoms with Crippen LogP contribution in [0.3, 0.4) is 0 Å². The van der Waals surface area contributed by atoms with Gasteiger partial charge in [-0.3, -0.25) is 19.8 Å². The average molecular weight is 556 g/mol. The predicted molar refractivity (Wildman–Crippen MR) is 158 cm³/mol. The molecule has 5 rings (SSSR count). The summed E-state index contributed by atoms with van der Waals surface area (Å²) >= 11 is 11.6. The monoisotopic (exact) mass is 555 g/mol. The second kappa shape index (κ2) is 10.9. The number of para-hydroxylation sites is 1. The minimum Gasteiger partial charge on any atom is -0.489 e. The van der Waals surface area contributed by atoms with Gasteiger partial charge in [-0.15, -0.1) is 0 Å². The molecule has 8 heteroatoms. The summed E-state index contributed by atoms with van der Waals surface area (Å²) in [6, 6.07) is 24.7. The van der Waals surface area contributed by atoms with Crippen LogP contribution in [0.2, 0.25) is 5.02 Å². The Morgan fingerprint density at radius 1 is 0.949 bits per heavy atom. The molecule has 4 aromatic rings. The van der Waals surface area contributed by atoms with Gasteiger partial charge >= 0.3 is 0 Å². The number of anilines is 1. The first kappa shape index (κ1) is 26.4. The molecular weight excluding hydrogens is 530 g/mol. The molecule has 3 aromatic carbocycles. The topological polar surface area (TPSA) is 63.6 Å². The van der Waals surface area contributed by atoms with Crippen molar-refractivity contribution in [3.8, 4) is 11.4 Å². The molecule has 1 N–H and O–H groups in total. The molecule has 1 aromatic heterocycles. The van der Waals surface area contributed by atoms with Gasteiger partial charge in [0.05, 0.1) is 5.69 Å². The number of hydrogen-bond acceptors (Lipinski definition) is 4. The van der Waals surface area contributed by atoms with E-state index in [-0.39, 0.29) is 10.7 Å². The van der Waals surface area contributed by atoms with E-state index >= 15 is 0 Å². The number of hydrogen-bond donors (Lipinski definition) is 1. The minimum atomic E-state index is -0.514. The summed E-state index contributed by atoms with van der Waals surface area (Å²) in [7, 11) is 0. The number of benzene rings is 3. The van der Waals surface area contributed by atoms with Crippen molar-refractivity contribution in [1.82, 2.24) is 9.88 Å². The fraction of sp³-hybridized carbons (Fsp3) is 0.129. The van der Waals surface area contributed by atoms with E-state index in [4.69, 9.17) is 28.6 Å². The van der Waals surface area contributed by atoms with Crippen molar-refractivity contribution in [2.24, 2.45) is 0 Å². The molecule has 1 aliphatic heterocycles. The Morgan fingerprint density at radius 2 is 1.64 bits per heavy atom. The van der Waals surface area contributed by atoms with Gasteiger partial charge < -0.3 is 9.30 Å². The molecule has 0 saturated carbocycles. The van der Waals surface area contributed by atoms with Gasteiger partial charge in [-0.2, -0.15) is 0 Å². The van der Waals surface area contributed by atoms with Crippen LogP contribution < -0.4 is 15.0 Å². The van der Waals surface area contributed by atoms with Crippen molar-refractivity contribution < 1.29 is 14.3 Å². The first-order valence-electron chi connectivity index (χ1n) is 12.4. The number of amides is 2. The highest BCUT2D eigenvalue weighted by Gasteiger charge is 2.35. The van der Waals surface area contributed by atoms with Crippen LogP contribution in [0, 0.1) is 20.8 Å². The minimum absolute atomic E-state index is 0.0235. The summed E-state index contributed by atoms with van der Waals surface area (Å²) in [4.78, 5) is 27.7. The quantitative estimate of drug-likeness (QED) is 0.168. The fourth-order valence-electron chi connectivity index (χ4n) is 4.65. The predicted octanol–water partition coefficient (Wildman–Crippen LogP) is 6.47. The molecule has 0 spiro atoms. The molecule has 0 unspecified atom stereocenters. The molecule has 196 valence electrons. The zero-order chi connectivity index (χ0) is 27.7. The van der Waals surface area contributed by atoms with Crippen molar-refractivity contribution >= 4 is 52.5 Å². The molecule has 1 fully saturated rings. The summed E-state index contributed by atoms with van der Waals surface area (Å²) in [5, 5.41) is 3.40. The number of rotatable bonds is 6. The second-order valence-corrected chi connectivity index (χ2v) is 10.1. The van der Waals surface area contributed by atoms with Gasteiger partial charge in [-0.05, 0) is 92.7 Å². The first-order valence-corrected chi connectivity index (χ1v) is 13.2. The molecule has 0 aliphatic carbocycles. The Kier molecular flexibility index (Phi) is 7.37. The van der Waals surface area contributed by atoms with Crippen LogP contribution in [0.5, 0.6) is 5.75 Å². The van der Waals surface area contributed by atoms with Crippen LogP contribution in [0.4, 0.5) is 5.69 Å². The number of nitrogens with zero attached hydrogens (tertiary/aromatic N) is 2. The summed E-state index contributed by atoms with van der Waals surface area (Å²) < 4.78 is 7.99. The van der Waals surface area contributed by atoms with Crippen LogP contribution in [0.25, 0.3) is 11.8 Å². The van der Waals surface area contributed by atoms with Crippen molar-refractivity contribution in [2.45, 2.75) is 27.4 Å². The van der Waals surface area contributed by atoms with Crippen LogP contribution in [-0.2, 0) is 16.2 Å². The standard InChI is InChI=1S/C31H26ClN3O3S/c1-19-8-4-7-11-28(19)35-30(37)26(29(36)33-31(35)39)17-23-16-20(2)34(21(23)3)24-12-14-25(15-13-24)38-18-22-9-5-6-10-27(22)32/h4-17H,18H2,1-3H3,(H,33,36,39)/b26-17+. The molecule has 0 bridgehead atoms. The smallest absolute Gasteiger partial charge is 0.270 e. The highest BCUT2D eigenvalue weighted by molar-refractivity contribution is 7.80. The lowest BCUT2D eigenvalue weighted by molar-refractivity contribution is -0.122. The van der Waals surface area contributed by atoms with Gasteiger partial charge in [-0.1, -0.05) is 48.0 Å². The molecule has 1 aliphatic rings. The van der Waals surface area contributed by atoms with Gasteiger partial charge in [0.1, 0.15) is 17.9 Å². The van der Waals surface area contributed by atoms with E-state index in [0.29, 0.717) is 17.3 Å². The maximum Gasteiger partial charge on any atom is 0.270 e. The van der Waals surface area contributed by atoms with Gasteiger partial charge in [0, 0.05) is 27.7 Å². The number of carbonyl (C=O) groups is 2. The highest BCUT2D eigenvalue weighted by Crippen LogP contribution is 2.28. The third-order valence-corrected chi connectivity index (χ3v) is 7.33. The van der Waals surface area contributed by atoms with Gasteiger partial charge in [0.2, 0.25) is 0 Å². The van der Waals surface area contributed by atoms with Crippen LogP contribution in [0.15, 0.2) is 84.4 Å². The maximum absolute atomic E-state index is 13.5. The Morgan fingerprint density at radius 3 is 2.36 bits per heavy atom. The van der Waals surface area contributed by atoms with Crippen molar-refractivity contribution in [3.63, 3.8) is 0 Å². The first-order chi connectivity index (χ1) is 18.7. The van der Waals surface area contributed by atoms with Crippen LogP contribution >= 0.6 is 23.8 Å². The van der Waals surface area contributed by atoms with E-state index < -0.39 is 11.8 Å². The van der Waals surface area contributed by atoms with Gasteiger partial charge in [-0.25, -0.2) is 0 Å². The molecule has 0 radical (unpaired) electrons. The molecule has 1 saturated heterocycles. The average Bonchev–Trinajstić information content (AvgIpc) is 3.19. The summed E-state index contributed by atoms with van der Waals surface area (Å²) in [6.07, 6.45) is 1.63. The molecule has 0 atom stereocenters. The van der Waals surface area contributed by atoms with E-state index in [9.17, 15) is 9.59 Å². The summed E-state index contributed by atoms with van der Waals surface area (Å²) in [5.41, 5.74) is 6.00. The lowest BCUT2D eigenvalue weighted by Gasteiger charge is -2.30. The number of nitrogens with one attached hydrogen (secondary N) is 1. The number of thiocarbonyl (C=S) groups is 1. The van der Waals surface area contributed by atoms with Crippen molar-refractivity contribution in [1.29, 1.82) is 0 Å². The van der Waals surface area contributed by atoms with Crippen LogP contribution in [0.1, 0.15) is 28.1 Å². The number of aryl methyl sites for hydroxylation is 2. The number of carbonyl (C=O) groups excluding carboxylic acids is 2. The Labute approximate surface area is 237 Å². The largest absolute Gasteiger partial charge is 0.489 e. The normalized spacial score (nSPS) is 14.6. The zero-order valence-corrected chi connectivity index (χ0v) is 23.3. The number of ether oxygens (including phenoxy) is 1. The second-order valence-electron chi connectivity index (χ2n) is 9.28. The number of halogens is 1. The SMILES string of the molecule is Cc1ccccc1N1C(=O)/C(=C/c2cc(C)n(-c3ccc(OCc4ccccc4Cl)cc3)c2C)C(=O)NC1=S. The summed E-state index contributed by atoms with van der Waals surface area (Å²) in [6.45, 7) is 6.20. The lowest BCUT2D eigenvalue weighted by atomic mass is 10.1. The highest BCUT2D eigenvalue weighted by atomic mass is 35.5. The molecule has 6 nitrogen and oxygen atoms in total. The maximum atomic E-state index is 13.5. The third kappa shape index (κ3) is 5.24. The molecule has 2 heterocycles. The Hall–Kier alpha value is -4.20. The van der Waals surface area contributed by atoms with E-state index in [0.717, 1.165) is 39.5 Å². The Bertz CT molecular complexity index is 1640. The van der Waals surface area contributed by atoms with E-state index in [2.05, 4.69) is 9.88 Å². The lowest BCUT2D eigenvalue weighted by Crippen LogP contribution is -2.54. The number of aromatic nitrogens is 1.